The van der Waals surface area contributed by atoms with Gasteiger partial charge in [0, 0.05) is 28.9 Å². The van der Waals surface area contributed by atoms with E-state index in [1.165, 1.54) is 24.3 Å². The number of carbonyl (C=O) groups is 2. The Balaban J connectivity index is 1.30. The lowest BCUT2D eigenvalue weighted by Crippen LogP contribution is -2.49. The van der Waals surface area contributed by atoms with Gasteiger partial charge in [0.15, 0.2) is 0 Å². The number of carbonyl (C=O) groups excluding carboxylic acids is 2. The fraction of sp³-hybridized carbons (Fsp3) is 0.185. The SMILES string of the molecule is O=C(NCC1CCc2ccccc2N1C(=O)c1ccccc1)c1ccc(-c2noc(C(F)(F)F)n2)cc1. The zero-order chi connectivity index (χ0) is 26.0. The number of fused-ring (bicyclic) bond motifs is 1. The standard InChI is InChI=1S/C27H21F3N4O3/c28-27(29,30)26-32-23(33-37-26)18-10-12-19(13-11-18)24(35)31-16-21-15-14-17-6-4-5-9-22(17)34(21)25(36)20-7-2-1-3-8-20/h1-13,21H,14-16H2,(H,31,35). The van der Waals surface area contributed by atoms with Crippen LogP contribution in [0.15, 0.2) is 83.4 Å². The fourth-order valence-electron chi connectivity index (χ4n) is 4.33. The Labute approximate surface area is 209 Å². The molecule has 1 N–H and O–H groups in total. The number of halogens is 3. The van der Waals surface area contributed by atoms with Crippen molar-refractivity contribution in [2.45, 2.75) is 25.1 Å². The minimum absolute atomic E-state index is 0.144. The minimum Gasteiger partial charge on any atom is -0.350 e. The summed E-state index contributed by atoms with van der Waals surface area (Å²) in [5.74, 6) is -2.18. The highest BCUT2D eigenvalue weighted by atomic mass is 19.4. The summed E-state index contributed by atoms with van der Waals surface area (Å²) in [6, 6.07) is 22.3. The van der Waals surface area contributed by atoms with Crippen LogP contribution < -0.4 is 10.2 Å². The Bertz CT molecular complexity index is 1420. The second-order valence-electron chi connectivity index (χ2n) is 8.57. The number of benzene rings is 3. The number of para-hydroxylation sites is 1. The highest BCUT2D eigenvalue weighted by Crippen LogP contribution is 2.32. The predicted molar refractivity (Wildman–Crippen MR) is 129 cm³/mol. The van der Waals surface area contributed by atoms with E-state index in [9.17, 15) is 22.8 Å². The summed E-state index contributed by atoms with van der Waals surface area (Å²) < 4.78 is 42.4. The van der Waals surface area contributed by atoms with Crippen molar-refractivity contribution in [1.29, 1.82) is 0 Å². The maximum atomic E-state index is 13.4. The summed E-state index contributed by atoms with van der Waals surface area (Å²) in [6.45, 7) is 0.229. The van der Waals surface area contributed by atoms with Crippen LogP contribution in [0.4, 0.5) is 18.9 Å². The summed E-state index contributed by atoms with van der Waals surface area (Å²) in [5, 5.41) is 6.24. The summed E-state index contributed by atoms with van der Waals surface area (Å²) >= 11 is 0. The molecule has 37 heavy (non-hydrogen) atoms. The first-order valence-corrected chi connectivity index (χ1v) is 11.6. The summed E-state index contributed by atoms with van der Waals surface area (Å²) in [7, 11) is 0. The Morgan fingerprint density at radius 1 is 0.946 bits per heavy atom. The molecule has 1 unspecified atom stereocenters. The van der Waals surface area contributed by atoms with E-state index in [1.54, 1.807) is 17.0 Å². The molecule has 0 saturated carbocycles. The van der Waals surface area contributed by atoms with Crippen LogP contribution in [0.5, 0.6) is 0 Å². The van der Waals surface area contributed by atoms with Crippen LogP contribution in [0.3, 0.4) is 0 Å². The quantitative estimate of drug-likeness (QED) is 0.405. The highest BCUT2D eigenvalue weighted by molar-refractivity contribution is 6.07. The third-order valence-corrected chi connectivity index (χ3v) is 6.17. The van der Waals surface area contributed by atoms with Gasteiger partial charge in [0.25, 0.3) is 11.8 Å². The third-order valence-electron chi connectivity index (χ3n) is 6.17. The summed E-state index contributed by atoms with van der Waals surface area (Å²) in [6.07, 6.45) is -3.29. The van der Waals surface area contributed by atoms with Gasteiger partial charge in [0.1, 0.15) is 0 Å². The van der Waals surface area contributed by atoms with Gasteiger partial charge in [-0.1, -0.05) is 53.7 Å². The molecule has 1 aromatic heterocycles. The Hall–Kier alpha value is -4.47. The number of nitrogens with zero attached hydrogens (tertiary/aromatic N) is 3. The molecule has 0 spiro atoms. The first-order chi connectivity index (χ1) is 17.8. The van der Waals surface area contributed by atoms with Gasteiger partial charge in [-0.2, -0.15) is 18.2 Å². The maximum Gasteiger partial charge on any atom is 0.471 e. The van der Waals surface area contributed by atoms with Gasteiger partial charge in [0.05, 0.1) is 6.04 Å². The van der Waals surface area contributed by atoms with Crippen LogP contribution in [0.25, 0.3) is 11.4 Å². The topological polar surface area (TPSA) is 88.3 Å². The number of aromatic nitrogens is 2. The van der Waals surface area contributed by atoms with Crippen molar-refractivity contribution >= 4 is 17.5 Å². The normalized spacial score (nSPS) is 15.2. The number of hydrogen-bond acceptors (Lipinski definition) is 5. The molecule has 3 aromatic carbocycles. The molecule has 0 fully saturated rings. The van der Waals surface area contributed by atoms with Crippen LogP contribution in [0.1, 0.15) is 38.6 Å². The molecular weight excluding hydrogens is 485 g/mol. The minimum atomic E-state index is -4.74. The first-order valence-electron chi connectivity index (χ1n) is 11.6. The van der Waals surface area contributed by atoms with E-state index in [0.717, 1.165) is 17.7 Å². The van der Waals surface area contributed by atoms with Gasteiger partial charge < -0.3 is 14.7 Å². The fourth-order valence-corrected chi connectivity index (χ4v) is 4.33. The number of amides is 2. The van der Waals surface area contributed by atoms with E-state index in [4.69, 9.17) is 0 Å². The summed E-state index contributed by atoms with van der Waals surface area (Å²) in [5.41, 5.74) is 3.03. The van der Waals surface area contributed by atoms with Gasteiger partial charge in [-0.05, 0) is 48.7 Å². The number of anilines is 1. The first kappa shape index (κ1) is 24.2. The highest BCUT2D eigenvalue weighted by Gasteiger charge is 2.38. The van der Waals surface area contributed by atoms with Crippen molar-refractivity contribution in [3.05, 3.63) is 101 Å². The van der Waals surface area contributed by atoms with Gasteiger partial charge in [-0.25, -0.2) is 0 Å². The molecule has 0 radical (unpaired) electrons. The molecule has 0 saturated heterocycles. The predicted octanol–water partition coefficient (Wildman–Crippen LogP) is 5.15. The zero-order valence-corrected chi connectivity index (χ0v) is 19.4. The van der Waals surface area contributed by atoms with Crippen LogP contribution in [0, 0.1) is 0 Å². The van der Waals surface area contributed by atoms with Gasteiger partial charge >= 0.3 is 12.1 Å². The molecular formula is C27H21F3N4O3. The molecule has 0 aliphatic carbocycles. The van der Waals surface area contributed by atoms with Gasteiger partial charge in [0.2, 0.25) is 5.82 Å². The van der Waals surface area contributed by atoms with Gasteiger partial charge in [-0.3, -0.25) is 9.59 Å². The monoisotopic (exact) mass is 506 g/mol. The van der Waals surface area contributed by atoms with Crippen molar-refractivity contribution < 1.29 is 27.3 Å². The second-order valence-corrected chi connectivity index (χ2v) is 8.57. The van der Waals surface area contributed by atoms with Crippen LogP contribution in [-0.2, 0) is 12.6 Å². The van der Waals surface area contributed by atoms with Crippen LogP contribution >= 0.6 is 0 Å². The van der Waals surface area contributed by atoms with E-state index >= 15 is 0 Å². The second kappa shape index (κ2) is 9.88. The number of alkyl halides is 3. The number of rotatable bonds is 5. The van der Waals surface area contributed by atoms with Crippen molar-refractivity contribution in [2.75, 3.05) is 11.4 Å². The molecule has 2 heterocycles. The van der Waals surface area contributed by atoms with Crippen molar-refractivity contribution in [3.8, 4) is 11.4 Å². The Morgan fingerprint density at radius 3 is 2.35 bits per heavy atom. The smallest absolute Gasteiger partial charge is 0.350 e. The van der Waals surface area contributed by atoms with Crippen molar-refractivity contribution in [2.24, 2.45) is 0 Å². The molecule has 7 nitrogen and oxygen atoms in total. The van der Waals surface area contributed by atoms with Crippen LogP contribution in [-0.4, -0.2) is 34.5 Å². The van der Waals surface area contributed by atoms with Crippen molar-refractivity contribution in [1.82, 2.24) is 15.5 Å². The maximum absolute atomic E-state index is 13.4. The summed E-state index contributed by atoms with van der Waals surface area (Å²) in [4.78, 5) is 31.4. The Kier molecular flexibility index (Phi) is 6.47. The zero-order valence-electron chi connectivity index (χ0n) is 19.4. The number of hydrogen-bond donors (Lipinski definition) is 1. The van der Waals surface area contributed by atoms with E-state index in [1.807, 2.05) is 42.5 Å². The molecule has 1 aliphatic heterocycles. The van der Waals surface area contributed by atoms with Gasteiger partial charge in [-0.15, -0.1) is 0 Å². The van der Waals surface area contributed by atoms with E-state index in [2.05, 4.69) is 20.0 Å². The lowest BCUT2D eigenvalue weighted by atomic mass is 9.94. The van der Waals surface area contributed by atoms with E-state index in [-0.39, 0.29) is 35.8 Å². The average Bonchev–Trinajstić information content (AvgIpc) is 3.43. The number of nitrogens with one attached hydrogen (secondary N) is 1. The lowest BCUT2D eigenvalue weighted by molar-refractivity contribution is -0.159. The van der Waals surface area contributed by atoms with E-state index in [0.29, 0.717) is 17.5 Å². The lowest BCUT2D eigenvalue weighted by Gasteiger charge is -2.37. The largest absolute Gasteiger partial charge is 0.471 e. The van der Waals surface area contributed by atoms with Crippen molar-refractivity contribution in [3.63, 3.8) is 0 Å². The van der Waals surface area contributed by atoms with E-state index < -0.39 is 12.1 Å². The Morgan fingerprint density at radius 2 is 1.65 bits per heavy atom. The third kappa shape index (κ3) is 5.09. The average molecular weight is 506 g/mol. The molecule has 0 bridgehead atoms. The molecule has 188 valence electrons. The molecule has 10 heteroatoms. The molecule has 1 atom stereocenters. The van der Waals surface area contributed by atoms with Crippen LogP contribution in [0.2, 0.25) is 0 Å². The number of aryl methyl sites for hydroxylation is 1. The molecule has 4 aromatic rings. The molecule has 5 rings (SSSR count). The molecule has 2 amide bonds. The molecule has 1 aliphatic rings.